The number of thiophene rings is 1. The molecule has 2 aromatic rings. The molecule has 158 valence electrons. The van der Waals surface area contributed by atoms with Gasteiger partial charge in [0.2, 0.25) is 5.91 Å². The largest absolute Gasteiger partial charge is 0.324 e. The number of amides is 2. The molecule has 10 heteroatoms. The summed E-state index contributed by atoms with van der Waals surface area (Å²) in [6, 6.07) is 7.71. The van der Waals surface area contributed by atoms with Gasteiger partial charge in [-0.1, -0.05) is 52.4 Å². The van der Waals surface area contributed by atoms with Gasteiger partial charge in [0, 0.05) is 31.3 Å². The summed E-state index contributed by atoms with van der Waals surface area (Å²) in [5.41, 5.74) is 0.721. The van der Waals surface area contributed by atoms with E-state index in [1.807, 2.05) is 35.7 Å². The van der Waals surface area contributed by atoms with E-state index >= 15 is 0 Å². The van der Waals surface area contributed by atoms with E-state index in [1.54, 1.807) is 16.2 Å². The number of hydrogen-bond donors (Lipinski definition) is 1. The zero-order valence-corrected chi connectivity index (χ0v) is 22.8. The first-order valence-electron chi connectivity index (χ1n) is 9.08. The molecule has 1 aromatic heterocycles. The Morgan fingerprint density at radius 2 is 1.90 bits per heavy atom. The van der Waals surface area contributed by atoms with Crippen molar-refractivity contribution in [1.29, 1.82) is 0 Å². The summed E-state index contributed by atoms with van der Waals surface area (Å²) in [5, 5.41) is 4.91. The Morgan fingerprint density at radius 1 is 1.17 bits per heavy atom. The van der Waals surface area contributed by atoms with Crippen LogP contribution in [0.2, 0.25) is 0 Å². The summed E-state index contributed by atoms with van der Waals surface area (Å²) in [5.74, 6) is -0.0655. The van der Waals surface area contributed by atoms with Gasteiger partial charge in [-0.2, -0.15) is 0 Å². The number of anilines is 1. The summed E-state index contributed by atoms with van der Waals surface area (Å²) >= 11 is 18.7. The average Bonchev–Trinajstić information content (AvgIpc) is 3.28. The summed E-state index contributed by atoms with van der Waals surface area (Å²) < 4.78 is 3.13. The molecule has 0 saturated carbocycles. The van der Waals surface area contributed by atoms with Crippen molar-refractivity contribution < 1.29 is 9.59 Å². The SMILES string of the molecule is O=C(CCCCCN1C(=O)C(=Cc2cccs2)SC1=S)Nc1c(Br)cc(Br)cc1Br. The maximum atomic E-state index is 12.6. The highest BCUT2D eigenvalue weighted by molar-refractivity contribution is 9.11. The predicted octanol–water partition coefficient (Wildman–Crippen LogP) is 7.44. The highest BCUT2D eigenvalue weighted by atomic mass is 79.9. The number of unbranched alkanes of at least 4 members (excludes halogenated alkanes) is 2. The third-order valence-electron chi connectivity index (χ3n) is 4.25. The number of nitrogens with one attached hydrogen (secondary N) is 1. The highest BCUT2D eigenvalue weighted by Crippen LogP contribution is 2.35. The molecule has 2 heterocycles. The smallest absolute Gasteiger partial charge is 0.266 e. The van der Waals surface area contributed by atoms with Crippen LogP contribution in [0.5, 0.6) is 0 Å². The molecule has 1 aliphatic rings. The lowest BCUT2D eigenvalue weighted by Crippen LogP contribution is -2.29. The number of rotatable bonds is 8. The van der Waals surface area contributed by atoms with Crippen molar-refractivity contribution in [3.05, 3.63) is 52.8 Å². The molecule has 2 amide bonds. The molecule has 0 atom stereocenters. The van der Waals surface area contributed by atoms with Crippen LogP contribution >= 0.6 is 83.1 Å². The topological polar surface area (TPSA) is 49.4 Å². The molecule has 0 aliphatic carbocycles. The minimum absolute atomic E-state index is 0.0268. The van der Waals surface area contributed by atoms with Crippen LogP contribution in [-0.4, -0.2) is 27.6 Å². The standard InChI is InChI=1S/C20H17Br3N2O2S3/c21-12-9-14(22)18(15(23)10-12)24-17(26)6-2-1-3-7-25-19(27)16(30-20(25)28)11-13-5-4-8-29-13/h4-5,8-11H,1-3,6-7H2,(H,24,26). The monoisotopic (exact) mass is 650 g/mol. The van der Waals surface area contributed by atoms with Crippen molar-refractivity contribution in [2.45, 2.75) is 25.7 Å². The number of nitrogens with zero attached hydrogens (tertiary/aromatic N) is 1. The zero-order chi connectivity index (χ0) is 21.7. The number of hydrogen-bond acceptors (Lipinski definition) is 5. The Morgan fingerprint density at radius 3 is 2.57 bits per heavy atom. The quantitative estimate of drug-likeness (QED) is 0.183. The number of halogens is 3. The fraction of sp³-hybridized carbons (Fsp3) is 0.250. The molecule has 1 N–H and O–H groups in total. The van der Waals surface area contributed by atoms with Crippen molar-refractivity contribution in [3.8, 4) is 0 Å². The molecule has 1 aromatic carbocycles. The van der Waals surface area contributed by atoms with Gasteiger partial charge in [-0.3, -0.25) is 14.5 Å². The fourth-order valence-electron chi connectivity index (χ4n) is 2.79. The minimum atomic E-state index is -0.0387. The lowest BCUT2D eigenvalue weighted by atomic mass is 10.1. The summed E-state index contributed by atoms with van der Waals surface area (Å²) in [6.45, 7) is 0.581. The van der Waals surface area contributed by atoms with E-state index in [0.717, 1.165) is 43.2 Å². The van der Waals surface area contributed by atoms with Gasteiger partial charge < -0.3 is 5.32 Å². The Labute approximate surface area is 214 Å². The Hall–Kier alpha value is -0.520. The van der Waals surface area contributed by atoms with Crippen LogP contribution in [0.15, 0.2) is 48.0 Å². The number of thioether (sulfide) groups is 1. The number of benzene rings is 1. The van der Waals surface area contributed by atoms with Crippen LogP contribution in [0.1, 0.15) is 30.6 Å². The van der Waals surface area contributed by atoms with Gasteiger partial charge in [-0.15, -0.1) is 11.3 Å². The number of thiocarbonyl (C=S) groups is 1. The lowest BCUT2D eigenvalue weighted by Gasteiger charge is -2.14. The Kier molecular flexibility index (Phi) is 9.15. The second-order valence-corrected chi connectivity index (χ2v) is 11.7. The van der Waals surface area contributed by atoms with Gasteiger partial charge in [0.25, 0.3) is 5.91 Å². The number of carbonyl (C=O) groups excluding carboxylic acids is 2. The minimum Gasteiger partial charge on any atom is -0.324 e. The molecule has 0 bridgehead atoms. The van der Waals surface area contributed by atoms with Gasteiger partial charge >= 0.3 is 0 Å². The third-order valence-corrected chi connectivity index (χ3v) is 8.15. The van der Waals surface area contributed by atoms with E-state index < -0.39 is 0 Å². The first-order valence-corrected chi connectivity index (χ1v) is 13.6. The van der Waals surface area contributed by atoms with Gasteiger partial charge in [0.1, 0.15) is 4.32 Å². The van der Waals surface area contributed by atoms with Gasteiger partial charge in [0.15, 0.2) is 0 Å². The summed E-state index contributed by atoms with van der Waals surface area (Å²) in [4.78, 5) is 28.2. The molecule has 30 heavy (non-hydrogen) atoms. The molecule has 1 saturated heterocycles. The molecule has 4 nitrogen and oxygen atoms in total. The Bertz CT molecular complexity index is 970. The first-order chi connectivity index (χ1) is 14.3. The molecular weight excluding hydrogens is 636 g/mol. The van der Waals surface area contributed by atoms with Crippen LogP contribution in [0.4, 0.5) is 5.69 Å². The normalized spacial score (nSPS) is 15.3. The van der Waals surface area contributed by atoms with Crippen molar-refractivity contribution >= 4 is 111 Å². The predicted molar refractivity (Wildman–Crippen MR) is 141 cm³/mol. The van der Waals surface area contributed by atoms with Crippen LogP contribution in [0.3, 0.4) is 0 Å². The lowest BCUT2D eigenvalue weighted by molar-refractivity contribution is -0.122. The van der Waals surface area contributed by atoms with Crippen LogP contribution in [0.25, 0.3) is 6.08 Å². The van der Waals surface area contributed by atoms with E-state index in [1.165, 1.54) is 11.8 Å². The maximum absolute atomic E-state index is 12.6. The van der Waals surface area contributed by atoms with Crippen molar-refractivity contribution in [3.63, 3.8) is 0 Å². The van der Waals surface area contributed by atoms with Crippen LogP contribution < -0.4 is 5.32 Å². The third kappa shape index (κ3) is 6.49. The second kappa shape index (κ2) is 11.4. The molecule has 0 radical (unpaired) electrons. The van der Waals surface area contributed by atoms with Crippen molar-refractivity contribution in [2.24, 2.45) is 0 Å². The maximum Gasteiger partial charge on any atom is 0.266 e. The Balaban J connectivity index is 1.41. The van der Waals surface area contributed by atoms with E-state index in [-0.39, 0.29) is 11.8 Å². The zero-order valence-electron chi connectivity index (χ0n) is 15.6. The molecule has 0 spiro atoms. The van der Waals surface area contributed by atoms with E-state index in [4.69, 9.17) is 12.2 Å². The van der Waals surface area contributed by atoms with E-state index in [9.17, 15) is 9.59 Å². The highest BCUT2D eigenvalue weighted by Gasteiger charge is 2.31. The molecule has 3 rings (SSSR count). The molecule has 1 aliphatic heterocycles. The first kappa shape index (κ1) is 24.1. The number of carbonyl (C=O) groups is 2. The van der Waals surface area contributed by atoms with E-state index in [0.29, 0.717) is 22.2 Å². The van der Waals surface area contributed by atoms with Gasteiger partial charge in [-0.25, -0.2) is 0 Å². The average molecular weight is 653 g/mol. The summed E-state index contributed by atoms with van der Waals surface area (Å²) in [6.07, 6.45) is 4.71. The van der Waals surface area contributed by atoms with Crippen LogP contribution in [0, 0.1) is 0 Å². The fourth-order valence-corrected chi connectivity index (χ4v) is 7.28. The summed E-state index contributed by atoms with van der Waals surface area (Å²) in [7, 11) is 0. The van der Waals surface area contributed by atoms with E-state index in [2.05, 4.69) is 53.1 Å². The van der Waals surface area contributed by atoms with Crippen molar-refractivity contribution in [1.82, 2.24) is 4.90 Å². The van der Waals surface area contributed by atoms with Crippen molar-refractivity contribution in [2.75, 3.05) is 11.9 Å². The second-order valence-electron chi connectivity index (χ2n) is 6.45. The molecule has 0 unspecified atom stereocenters. The van der Waals surface area contributed by atoms with Crippen LogP contribution in [-0.2, 0) is 9.59 Å². The molecular formula is C20H17Br3N2O2S3. The molecule has 1 fully saturated rings. The van der Waals surface area contributed by atoms with Gasteiger partial charge in [-0.05, 0) is 74.4 Å². The van der Waals surface area contributed by atoms with Gasteiger partial charge in [0.05, 0.1) is 10.6 Å².